The van der Waals surface area contributed by atoms with Crippen molar-refractivity contribution < 1.29 is 0 Å². The summed E-state index contributed by atoms with van der Waals surface area (Å²) in [5, 5.41) is 1.15. The zero-order valence-corrected chi connectivity index (χ0v) is 14.2. The van der Waals surface area contributed by atoms with Gasteiger partial charge in [0.2, 0.25) is 0 Å². The molecule has 0 atom stereocenters. The quantitative estimate of drug-likeness (QED) is 0.885. The van der Waals surface area contributed by atoms with Gasteiger partial charge in [-0.3, -0.25) is 0 Å². The third-order valence-corrected chi connectivity index (χ3v) is 5.83. The van der Waals surface area contributed by atoms with E-state index in [2.05, 4.69) is 52.0 Å². The first-order valence-electron chi connectivity index (χ1n) is 7.60. The average Bonchev–Trinajstić information content (AvgIpc) is 2.81. The van der Waals surface area contributed by atoms with E-state index in [1.807, 2.05) is 11.3 Å². The summed E-state index contributed by atoms with van der Waals surface area (Å²) in [5.74, 6) is 0. The lowest BCUT2D eigenvalue weighted by Gasteiger charge is -2.39. The van der Waals surface area contributed by atoms with Crippen molar-refractivity contribution in [3.05, 3.63) is 40.4 Å². The number of rotatable bonds is 2. The van der Waals surface area contributed by atoms with Gasteiger partial charge >= 0.3 is 0 Å². The fraction of sp³-hybridized carbons (Fsp3) is 0.500. The maximum Gasteiger partial charge on any atom is 0.123 e. The van der Waals surface area contributed by atoms with Crippen molar-refractivity contribution in [2.45, 2.75) is 52.5 Å². The fourth-order valence-corrected chi connectivity index (χ4v) is 4.89. The van der Waals surface area contributed by atoms with Gasteiger partial charge in [0.15, 0.2) is 0 Å². The largest absolute Gasteiger partial charge is 0.326 e. The van der Waals surface area contributed by atoms with Crippen LogP contribution in [0.4, 0.5) is 0 Å². The molecule has 1 heterocycles. The molecule has 2 nitrogen and oxygen atoms in total. The molecule has 0 fully saturated rings. The molecule has 112 valence electrons. The highest BCUT2D eigenvalue weighted by molar-refractivity contribution is 7.15. The van der Waals surface area contributed by atoms with E-state index in [0.717, 1.165) is 11.4 Å². The minimum atomic E-state index is 0.226. The number of fused-ring (bicyclic) bond motifs is 1. The molecule has 1 aromatic heterocycles. The second kappa shape index (κ2) is 4.92. The van der Waals surface area contributed by atoms with Gasteiger partial charge in [0, 0.05) is 22.4 Å². The van der Waals surface area contributed by atoms with Gasteiger partial charge in [-0.2, -0.15) is 0 Å². The molecule has 2 aromatic rings. The van der Waals surface area contributed by atoms with Crippen LogP contribution in [0.5, 0.6) is 0 Å². The Labute approximate surface area is 131 Å². The summed E-state index contributed by atoms with van der Waals surface area (Å²) in [7, 11) is 0. The second-order valence-corrected chi connectivity index (χ2v) is 8.60. The smallest absolute Gasteiger partial charge is 0.123 e. The molecule has 0 saturated carbocycles. The van der Waals surface area contributed by atoms with E-state index >= 15 is 0 Å². The summed E-state index contributed by atoms with van der Waals surface area (Å²) in [4.78, 5) is 6.43. The van der Waals surface area contributed by atoms with Gasteiger partial charge in [-0.25, -0.2) is 4.98 Å². The van der Waals surface area contributed by atoms with E-state index in [-0.39, 0.29) is 5.41 Å². The Bertz CT molecular complexity index is 650. The highest BCUT2D eigenvalue weighted by Gasteiger charge is 2.39. The molecule has 0 aliphatic heterocycles. The van der Waals surface area contributed by atoms with Gasteiger partial charge in [0.05, 0.1) is 5.69 Å². The molecule has 0 radical (unpaired) electrons. The minimum Gasteiger partial charge on any atom is -0.326 e. The monoisotopic (exact) mass is 300 g/mol. The molecule has 1 aliphatic rings. The zero-order valence-electron chi connectivity index (χ0n) is 13.4. The molecule has 0 unspecified atom stereocenters. The summed E-state index contributed by atoms with van der Waals surface area (Å²) >= 11 is 1.87. The first-order chi connectivity index (χ1) is 9.81. The van der Waals surface area contributed by atoms with Crippen LogP contribution in [-0.4, -0.2) is 4.98 Å². The topological polar surface area (TPSA) is 38.9 Å². The van der Waals surface area contributed by atoms with Crippen molar-refractivity contribution in [2.24, 2.45) is 11.1 Å². The average molecular weight is 300 g/mol. The van der Waals surface area contributed by atoms with Gasteiger partial charge < -0.3 is 5.73 Å². The van der Waals surface area contributed by atoms with Crippen LogP contribution in [0.15, 0.2) is 24.3 Å². The highest BCUT2D eigenvalue weighted by atomic mass is 32.1. The number of hydrogen-bond donors (Lipinski definition) is 1. The summed E-state index contributed by atoms with van der Waals surface area (Å²) in [6.45, 7) is 10.0. The van der Waals surface area contributed by atoms with E-state index in [0.29, 0.717) is 12.0 Å². The van der Waals surface area contributed by atoms with Crippen LogP contribution in [0, 0.1) is 5.41 Å². The number of aromatic nitrogens is 1. The Hall–Kier alpha value is -1.19. The van der Waals surface area contributed by atoms with Crippen LogP contribution >= 0.6 is 11.3 Å². The molecule has 0 saturated heterocycles. The van der Waals surface area contributed by atoms with Crippen molar-refractivity contribution in [2.75, 3.05) is 0 Å². The second-order valence-electron chi connectivity index (χ2n) is 7.60. The maximum absolute atomic E-state index is 5.67. The number of thiazole rings is 1. The Morgan fingerprint density at radius 3 is 2.43 bits per heavy atom. The molecule has 2 N–H and O–H groups in total. The first kappa shape index (κ1) is 14.7. The number of nitrogens with zero attached hydrogens (tertiary/aromatic N) is 1. The van der Waals surface area contributed by atoms with E-state index in [1.54, 1.807) is 0 Å². The van der Waals surface area contributed by atoms with Crippen molar-refractivity contribution in [3.63, 3.8) is 0 Å². The lowest BCUT2D eigenvalue weighted by atomic mass is 9.67. The molecule has 1 aliphatic carbocycles. The standard InChI is InChI=1S/C18H24N2S/c1-17(2)9-14-15(18(3,4)11-17)21-16(20-14)13-7-5-12(10-19)6-8-13/h5-8H,9-11,19H2,1-4H3. The lowest BCUT2D eigenvalue weighted by molar-refractivity contribution is 0.232. The molecule has 3 heteroatoms. The summed E-state index contributed by atoms with van der Waals surface area (Å²) in [6.07, 6.45) is 2.31. The number of benzene rings is 1. The molecule has 0 spiro atoms. The van der Waals surface area contributed by atoms with Gasteiger partial charge in [-0.1, -0.05) is 52.0 Å². The molecular weight excluding hydrogens is 276 g/mol. The van der Waals surface area contributed by atoms with Crippen LogP contribution in [0.2, 0.25) is 0 Å². The van der Waals surface area contributed by atoms with Crippen LogP contribution < -0.4 is 5.73 Å². The van der Waals surface area contributed by atoms with Crippen molar-refractivity contribution in [3.8, 4) is 10.6 Å². The summed E-state index contributed by atoms with van der Waals surface area (Å²) in [6, 6.07) is 8.49. The minimum absolute atomic E-state index is 0.226. The van der Waals surface area contributed by atoms with E-state index in [4.69, 9.17) is 10.7 Å². The van der Waals surface area contributed by atoms with Crippen LogP contribution in [0.1, 0.15) is 50.3 Å². The van der Waals surface area contributed by atoms with Crippen LogP contribution in [-0.2, 0) is 18.4 Å². The van der Waals surface area contributed by atoms with Crippen LogP contribution in [0.25, 0.3) is 10.6 Å². The molecule has 1 aromatic carbocycles. The third kappa shape index (κ3) is 2.77. The molecule has 21 heavy (non-hydrogen) atoms. The van der Waals surface area contributed by atoms with E-state index in [1.165, 1.54) is 28.1 Å². The third-order valence-electron chi connectivity index (χ3n) is 4.32. The van der Waals surface area contributed by atoms with Crippen molar-refractivity contribution in [1.29, 1.82) is 0 Å². The normalized spacial score (nSPS) is 19.3. The number of hydrogen-bond acceptors (Lipinski definition) is 3. The van der Waals surface area contributed by atoms with E-state index < -0.39 is 0 Å². The van der Waals surface area contributed by atoms with Gasteiger partial charge in [-0.05, 0) is 23.8 Å². The van der Waals surface area contributed by atoms with E-state index in [9.17, 15) is 0 Å². The Balaban J connectivity index is 2.02. The first-order valence-corrected chi connectivity index (χ1v) is 8.42. The molecule has 0 amide bonds. The predicted octanol–water partition coefficient (Wildman–Crippen LogP) is 4.52. The molecule has 0 bridgehead atoms. The fourth-order valence-electron chi connectivity index (χ4n) is 3.70. The van der Waals surface area contributed by atoms with Crippen LogP contribution in [0.3, 0.4) is 0 Å². The van der Waals surface area contributed by atoms with Crippen molar-refractivity contribution in [1.82, 2.24) is 4.98 Å². The lowest BCUT2D eigenvalue weighted by Crippen LogP contribution is -2.33. The Kier molecular flexibility index (Phi) is 3.45. The molecule has 3 rings (SSSR count). The predicted molar refractivity (Wildman–Crippen MR) is 90.6 cm³/mol. The van der Waals surface area contributed by atoms with Gasteiger partial charge in [0.25, 0.3) is 0 Å². The Morgan fingerprint density at radius 2 is 1.81 bits per heavy atom. The van der Waals surface area contributed by atoms with Gasteiger partial charge in [0.1, 0.15) is 5.01 Å². The number of nitrogens with two attached hydrogens (primary N) is 1. The molecular formula is C18H24N2S. The zero-order chi connectivity index (χ0) is 15.3. The summed E-state index contributed by atoms with van der Waals surface area (Å²) in [5.41, 5.74) is 9.92. The summed E-state index contributed by atoms with van der Waals surface area (Å²) < 4.78 is 0. The SMILES string of the molecule is CC1(C)Cc2nc(-c3ccc(CN)cc3)sc2C(C)(C)C1. The Morgan fingerprint density at radius 1 is 1.14 bits per heavy atom. The van der Waals surface area contributed by atoms with Crippen molar-refractivity contribution >= 4 is 11.3 Å². The highest BCUT2D eigenvalue weighted by Crippen LogP contribution is 2.48. The maximum atomic E-state index is 5.67. The van der Waals surface area contributed by atoms with Gasteiger partial charge in [-0.15, -0.1) is 11.3 Å².